The quantitative estimate of drug-likeness (QED) is 0.691. The van der Waals surface area contributed by atoms with Gasteiger partial charge in [0.15, 0.2) is 0 Å². The molecule has 118 valence electrons. The Balaban J connectivity index is 2.04. The summed E-state index contributed by atoms with van der Waals surface area (Å²) in [6.45, 7) is 6.44. The molecule has 5 nitrogen and oxygen atoms in total. The maximum absolute atomic E-state index is 12.6. The Morgan fingerprint density at radius 3 is 2.91 bits per heavy atom. The van der Waals surface area contributed by atoms with Crippen LogP contribution in [0.2, 0.25) is 0 Å². The summed E-state index contributed by atoms with van der Waals surface area (Å²) in [7, 11) is 0. The molecule has 2 heterocycles. The van der Waals surface area contributed by atoms with Crippen molar-refractivity contribution in [2.45, 2.75) is 20.8 Å². The van der Waals surface area contributed by atoms with Crippen LogP contribution in [0, 0.1) is 13.8 Å². The third-order valence-electron chi connectivity index (χ3n) is 3.61. The lowest BCUT2D eigenvalue weighted by Crippen LogP contribution is -2.17. The average Bonchev–Trinajstić information content (AvgIpc) is 2.84. The first-order valence-electron chi connectivity index (χ1n) is 7.35. The normalized spacial score (nSPS) is 11.4. The number of hydrogen-bond acceptors (Lipinski definition) is 5. The van der Waals surface area contributed by atoms with Gasteiger partial charge < -0.3 is 4.74 Å². The average molecular weight is 327 g/mol. The molecule has 0 amide bonds. The SMILES string of the molecule is CCOc1ccccc1/C=N\n1cnc2sc(C)c(C)c2c1=O. The highest BCUT2D eigenvalue weighted by Crippen LogP contribution is 2.25. The summed E-state index contributed by atoms with van der Waals surface area (Å²) in [6, 6.07) is 7.58. The first kappa shape index (κ1) is 15.4. The van der Waals surface area contributed by atoms with E-state index in [2.05, 4.69) is 10.1 Å². The van der Waals surface area contributed by atoms with E-state index in [0.29, 0.717) is 12.0 Å². The molecule has 6 heteroatoms. The number of aromatic nitrogens is 2. The lowest BCUT2D eigenvalue weighted by atomic mass is 10.2. The van der Waals surface area contributed by atoms with E-state index in [0.717, 1.165) is 26.6 Å². The summed E-state index contributed by atoms with van der Waals surface area (Å²) >= 11 is 1.53. The summed E-state index contributed by atoms with van der Waals surface area (Å²) in [4.78, 5) is 18.8. The fourth-order valence-electron chi connectivity index (χ4n) is 2.31. The Morgan fingerprint density at radius 1 is 1.35 bits per heavy atom. The molecular formula is C17H17N3O2S. The molecule has 0 atom stereocenters. The van der Waals surface area contributed by atoms with Gasteiger partial charge in [0.2, 0.25) is 0 Å². The Kier molecular flexibility index (Phi) is 4.25. The minimum absolute atomic E-state index is 0.151. The fraction of sp³-hybridized carbons (Fsp3) is 0.235. The van der Waals surface area contributed by atoms with Crippen molar-refractivity contribution in [3.05, 3.63) is 57.0 Å². The fourth-order valence-corrected chi connectivity index (χ4v) is 3.29. The molecule has 0 N–H and O–H groups in total. The van der Waals surface area contributed by atoms with Gasteiger partial charge in [-0.05, 0) is 38.5 Å². The van der Waals surface area contributed by atoms with Crippen LogP contribution in [0.3, 0.4) is 0 Å². The van der Waals surface area contributed by atoms with Crippen molar-refractivity contribution in [3.63, 3.8) is 0 Å². The minimum Gasteiger partial charge on any atom is -0.493 e. The molecule has 3 aromatic rings. The van der Waals surface area contributed by atoms with Crippen LogP contribution in [0.4, 0.5) is 0 Å². The lowest BCUT2D eigenvalue weighted by Gasteiger charge is -2.05. The summed E-state index contributed by atoms with van der Waals surface area (Å²) in [6.07, 6.45) is 3.08. The van der Waals surface area contributed by atoms with Gasteiger partial charge in [0.1, 0.15) is 16.9 Å². The van der Waals surface area contributed by atoms with Crippen LogP contribution >= 0.6 is 11.3 Å². The monoisotopic (exact) mass is 327 g/mol. The lowest BCUT2D eigenvalue weighted by molar-refractivity contribution is 0.340. The number of para-hydroxylation sites is 1. The Hall–Kier alpha value is -2.47. The van der Waals surface area contributed by atoms with E-state index in [1.54, 1.807) is 6.21 Å². The van der Waals surface area contributed by atoms with Crippen molar-refractivity contribution in [1.29, 1.82) is 0 Å². The zero-order valence-corrected chi connectivity index (χ0v) is 14.1. The van der Waals surface area contributed by atoms with Crippen molar-refractivity contribution < 1.29 is 4.74 Å². The van der Waals surface area contributed by atoms with Crippen LogP contribution < -0.4 is 10.3 Å². The van der Waals surface area contributed by atoms with E-state index < -0.39 is 0 Å². The highest BCUT2D eigenvalue weighted by molar-refractivity contribution is 7.18. The van der Waals surface area contributed by atoms with Crippen molar-refractivity contribution in [2.24, 2.45) is 5.10 Å². The molecular weight excluding hydrogens is 310 g/mol. The van der Waals surface area contributed by atoms with E-state index in [1.807, 2.05) is 45.0 Å². The van der Waals surface area contributed by atoms with E-state index in [-0.39, 0.29) is 5.56 Å². The minimum atomic E-state index is -0.151. The molecule has 0 fully saturated rings. The summed E-state index contributed by atoms with van der Waals surface area (Å²) in [5.41, 5.74) is 1.64. The molecule has 1 aromatic carbocycles. The highest BCUT2D eigenvalue weighted by Gasteiger charge is 2.11. The third-order valence-corrected chi connectivity index (χ3v) is 4.73. The van der Waals surface area contributed by atoms with Crippen LogP contribution in [-0.4, -0.2) is 22.5 Å². The van der Waals surface area contributed by atoms with Crippen molar-refractivity contribution in [2.75, 3.05) is 6.61 Å². The van der Waals surface area contributed by atoms with E-state index >= 15 is 0 Å². The van der Waals surface area contributed by atoms with E-state index in [9.17, 15) is 4.79 Å². The molecule has 23 heavy (non-hydrogen) atoms. The number of nitrogens with zero attached hydrogens (tertiary/aromatic N) is 3. The number of benzene rings is 1. The number of rotatable bonds is 4. The van der Waals surface area contributed by atoms with Gasteiger partial charge in [0.05, 0.1) is 18.2 Å². The zero-order valence-electron chi connectivity index (χ0n) is 13.2. The van der Waals surface area contributed by atoms with Gasteiger partial charge in [-0.25, -0.2) is 4.98 Å². The smallest absolute Gasteiger partial charge is 0.282 e. The van der Waals surface area contributed by atoms with E-state index in [1.165, 1.54) is 22.3 Å². The molecule has 0 aliphatic carbocycles. The predicted molar refractivity (Wildman–Crippen MR) is 94.0 cm³/mol. The van der Waals surface area contributed by atoms with Gasteiger partial charge in [0.25, 0.3) is 5.56 Å². The highest BCUT2D eigenvalue weighted by atomic mass is 32.1. The van der Waals surface area contributed by atoms with Crippen LogP contribution in [0.5, 0.6) is 5.75 Å². The Bertz CT molecular complexity index is 941. The predicted octanol–water partition coefficient (Wildman–Crippen LogP) is 3.36. The standard InChI is InChI=1S/C17H17N3O2S/c1-4-22-14-8-6-5-7-13(14)9-19-20-10-18-16-15(17(20)21)11(2)12(3)23-16/h5-10H,4H2,1-3H3/b19-9-. The summed E-state index contributed by atoms with van der Waals surface area (Å²) < 4.78 is 6.82. The molecule has 0 saturated carbocycles. The second-order valence-electron chi connectivity index (χ2n) is 5.07. The number of aryl methyl sites for hydroxylation is 2. The molecule has 3 rings (SSSR count). The number of ether oxygens (including phenoxy) is 1. The van der Waals surface area contributed by atoms with Gasteiger partial charge in [0, 0.05) is 10.4 Å². The third kappa shape index (κ3) is 2.90. The van der Waals surface area contributed by atoms with Gasteiger partial charge in [-0.15, -0.1) is 11.3 Å². The van der Waals surface area contributed by atoms with Gasteiger partial charge in [-0.2, -0.15) is 9.78 Å². The Morgan fingerprint density at radius 2 is 2.13 bits per heavy atom. The molecule has 2 aromatic heterocycles. The van der Waals surface area contributed by atoms with Crippen molar-refractivity contribution in [1.82, 2.24) is 9.66 Å². The van der Waals surface area contributed by atoms with Gasteiger partial charge in [-0.3, -0.25) is 4.79 Å². The maximum Gasteiger partial charge on any atom is 0.282 e. The molecule has 0 radical (unpaired) electrons. The van der Waals surface area contributed by atoms with Crippen LogP contribution in [0.25, 0.3) is 10.2 Å². The first-order valence-corrected chi connectivity index (χ1v) is 8.17. The molecule has 0 spiro atoms. The van der Waals surface area contributed by atoms with Crippen molar-refractivity contribution >= 4 is 27.8 Å². The summed E-state index contributed by atoms with van der Waals surface area (Å²) in [5, 5.41) is 4.90. The Labute approximate surface area is 137 Å². The molecule has 0 aliphatic heterocycles. The van der Waals surface area contributed by atoms with Gasteiger partial charge in [-0.1, -0.05) is 12.1 Å². The first-order chi connectivity index (χ1) is 11.1. The zero-order chi connectivity index (χ0) is 16.4. The van der Waals surface area contributed by atoms with E-state index in [4.69, 9.17) is 4.74 Å². The summed E-state index contributed by atoms with van der Waals surface area (Å²) in [5.74, 6) is 0.739. The maximum atomic E-state index is 12.6. The number of fused-ring (bicyclic) bond motifs is 1. The van der Waals surface area contributed by atoms with Crippen LogP contribution in [0.1, 0.15) is 22.9 Å². The molecule has 0 unspecified atom stereocenters. The number of hydrogen-bond donors (Lipinski definition) is 0. The van der Waals surface area contributed by atoms with Gasteiger partial charge >= 0.3 is 0 Å². The second-order valence-corrected chi connectivity index (χ2v) is 6.28. The molecule has 0 saturated heterocycles. The van der Waals surface area contributed by atoms with Crippen LogP contribution in [0.15, 0.2) is 40.5 Å². The van der Waals surface area contributed by atoms with Crippen molar-refractivity contribution in [3.8, 4) is 5.75 Å². The molecule has 0 bridgehead atoms. The van der Waals surface area contributed by atoms with Crippen LogP contribution in [-0.2, 0) is 0 Å². The number of thiophene rings is 1. The topological polar surface area (TPSA) is 56.5 Å². The molecule has 0 aliphatic rings. The second kappa shape index (κ2) is 6.34. The largest absolute Gasteiger partial charge is 0.493 e.